The molecule has 36 heavy (non-hydrogen) atoms. The summed E-state index contributed by atoms with van der Waals surface area (Å²) in [6, 6.07) is 12.4. The lowest BCUT2D eigenvalue weighted by atomic mass is 9.74. The first kappa shape index (κ1) is 26.2. The van der Waals surface area contributed by atoms with Gasteiger partial charge >= 0.3 is 5.97 Å². The number of hydrogen-bond donors (Lipinski definition) is 0. The third-order valence-electron chi connectivity index (χ3n) is 7.87. The maximum absolute atomic E-state index is 13.7. The summed E-state index contributed by atoms with van der Waals surface area (Å²) in [5.74, 6) is -1.61. The molecule has 2 aromatic carbocycles. The standard InChI is InChI=1S/C28H34F2N2O4/c1-2-36-28(33)21-15-16-31(26-6-4-3-5-24(26)19-7-11-22(29)12-8-19)27(17-21)25(18-32(34)35)20-9-13-23(30)14-10-20/h7-14,21,24-27H,2-6,15-18H2,1H3. The molecule has 2 aliphatic rings. The summed E-state index contributed by atoms with van der Waals surface area (Å²) in [6.07, 6.45) is 5.06. The van der Waals surface area contributed by atoms with Crippen molar-refractivity contribution < 1.29 is 23.2 Å². The number of nitro groups is 1. The number of esters is 1. The predicted molar refractivity (Wildman–Crippen MR) is 132 cm³/mol. The van der Waals surface area contributed by atoms with E-state index in [9.17, 15) is 23.7 Å². The van der Waals surface area contributed by atoms with Gasteiger partial charge in [-0.15, -0.1) is 0 Å². The fourth-order valence-corrected chi connectivity index (χ4v) is 6.22. The van der Waals surface area contributed by atoms with Gasteiger partial charge in [-0.2, -0.15) is 0 Å². The number of likely N-dealkylation sites (tertiary alicyclic amines) is 1. The number of piperidine rings is 1. The van der Waals surface area contributed by atoms with E-state index in [2.05, 4.69) is 4.90 Å². The average Bonchev–Trinajstić information content (AvgIpc) is 2.88. The minimum Gasteiger partial charge on any atom is -0.466 e. The summed E-state index contributed by atoms with van der Waals surface area (Å²) in [6.45, 7) is 2.37. The Morgan fingerprint density at radius 2 is 1.69 bits per heavy atom. The lowest BCUT2D eigenvalue weighted by Gasteiger charge is -2.49. The lowest BCUT2D eigenvalue weighted by molar-refractivity contribution is -0.485. The molecular weight excluding hydrogens is 466 g/mol. The van der Waals surface area contributed by atoms with Crippen molar-refractivity contribution in [3.8, 4) is 0 Å². The van der Waals surface area contributed by atoms with E-state index >= 15 is 0 Å². The number of ether oxygens (including phenoxy) is 1. The van der Waals surface area contributed by atoms with Gasteiger partial charge in [0.2, 0.25) is 6.54 Å². The molecule has 0 radical (unpaired) electrons. The van der Waals surface area contributed by atoms with Crippen LogP contribution in [0, 0.1) is 27.7 Å². The summed E-state index contributed by atoms with van der Waals surface area (Å²) in [5.41, 5.74) is 1.77. The van der Waals surface area contributed by atoms with E-state index in [1.54, 1.807) is 19.1 Å². The largest absolute Gasteiger partial charge is 0.466 e. The molecule has 6 nitrogen and oxygen atoms in total. The number of nitrogens with zero attached hydrogens (tertiary/aromatic N) is 2. The third-order valence-corrected chi connectivity index (χ3v) is 7.87. The van der Waals surface area contributed by atoms with Crippen molar-refractivity contribution in [3.05, 3.63) is 81.4 Å². The monoisotopic (exact) mass is 500 g/mol. The molecule has 0 aromatic heterocycles. The number of carbonyl (C=O) groups is 1. The minimum atomic E-state index is -0.506. The van der Waals surface area contributed by atoms with Crippen LogP contribution in [-0.2, 0) is 9.53 Å². The molecule has 1 saturated carbocycles. The van der Waals surface area contributed by atoms with E-state index in [0.717, 1.165) is 31.2 Å². The van der Waals surface area contributed by atoms with Crippen molar-refractivity contribution in [3.63, 3.8) is 0 Å². The topological polar surface area (TPSA) is 72.7 Å². The highest BCUT2D eigenvalue weighted by Crippen LogP contribution is 2.43. The fraction of sp³-hybridized carbons (Fsp3) is 0.536. The Kier molecular flexibility index (Phi) is 8.67. The van der Waals surface area contributed by atoms with E-state index in [4.69, 9.17) is 4.74 Å². The molecule has 4 rings (SSSR count). The summed E-state index contributed by atoms with van der Waals surface area (Å²) in [7, 11) is 0. The molecule has 8 heteroatoms. The molecule has 1 saturated heterocycles. The zero-order valence-corrected chi connectivity index (χ0v) is 20.7. The third kappa shape index (κ3) is 6.09. The van der Waals surface area contributed by atoms with Crippen molar-refractivity contribution in [2.45, 2.75) is 69.4 Å². The highest BCUT2D eigenvalue weighted by atomic mass is 19.1. The van der Waals surface area contributed by atoms with E-state index in [0.29, 0.717) is 24.9 Å². The molecule has 2 aromatic rings. The van der Waals surface area contributed by atoms with Gasteiger partial charge in [0, 0.05) is 17.0 Å². The molecule has 194 valence electrons. The zero-order valence-electron chi connectivity index (χ0n) is 20.7. The second-order valence-electron chi connectivity index (χ2n) is 9.96. The van der Waals surface area contributed by atoms with E-state index < -0.39 is 11.7 Å². The summed E-state index contributed by atoms with van der Waals surface area (Å²) in [5, 5.41) is 11.8. The average molecular weight is 501 g/mol. The van der Waals surface area contributed by atoms with Gasteiger partial charge < -0.3 is 4.74 Å². The van der Waals surface area contributed by atoms with Crippen molar-refractivity contribution in [2.24, 2.45) is 5.92 Å². The van der Waals surface area contributed by atoms with Crippen LogP contribution in [-0.4, -0.2) is 47.6 Å². The van der Waals surface area contributed by atoms with Gasteiger partial charge in [0.1, 0.15) is 11.6 Å². The Morgan fingerprint density at radius 3 is 2.33 bits per heavy atom. The summed E-state index contributed by atoms with van der Waals surface area (Å²) in [4.78, 5) is 26.5. The Hall–Kier alpha value is -2.87. The van der Waals surface area contributed by atoms with E-state index in [1.165, 1.54) is 24.3 Å². The number of hydrogen-bond acceptors (Lipinski definition) is 5. The van der Waals surface area contributed by atoms with Crippen LogP contribution in [0.3, 0.4) is 0 Å². The van der Waals surface area contributed by atoms with Crippen LogP contribution in [0.1, 0.15) is 68.4 Å². The van der Waals surface area contributed by atoms with Crippen LogP contribution in [0.25, 0.3) is 0 Å². The molecule has 2 fully saturated rings. The van der Waals surface area contributed by atoms with E-state index in [1.807, 2.05) is 12.1 Å². The quantitative estimate of drug-likeness (QED) is 0.264. The summed E-state index contributed by atoms with van der Waals surface area (Å²) >= 11 is 0. The smallest absolute Gasteiger partial charge is 0.309 e. The van der Waals surface area contributed by atoms with Crippen molar-refractivity contribution in [1.29, 1.82) is 0 Å². The molecule has 1 heterocycles. The molecule has 0 spiro atoms. The first-order valence-corrected chi connectivity index (χ1v) is 12.9. The first-order valence-electron chi connectivity index (χ1n) is 12.9. The molecular formula is C28H34F2N2O4. The second-order valence-corrected chi connectivity index (χ2v) is 9.96. The van der Waals surface area contributed by atoms with Crippen LogP contribution in [0.15, 0.2) is 48.5 Å². The summed E-state index contributed by atoms with van der Waals surface area (Å²) < 4.78 is 32.7. The molecule has 0 amide bonds. The first-order chi connectivity index (χ1) is 17.4. The molecule has 5 unspecified atom stereocenters. The van der Waals surface area contributed by atoms with Gasteiger partial charge in [-0.05, 0) is 80.5 Å². The Labute approximate surface area is 210 Å². The highest BCUT2D eigenvalue weighted by molar-refractivity contribution is 5.72. The second kappa shape index (κ2) is 11.9. The maximum atomic E-state index is 13.7. The van der Waals surface area contributed by atoms with Crippen molar-refractivity contribution >= 4 is 5.97 Å². The minimum absolute atomic E-state index is 0.118. The van der Waals surface area contributed by atoms with Gasteiger partial charge in [0.15, 0.2) is 0 Å². The molecule has 5 atom stereocenters. The van der Waals surface area contributed by atoms with Gasteiger partial charge in [0.05, 0.1) is 18.4 Å². The van der Waals surface area contributed by atoms with Crippen LogP contribution < -0.4 is 0 Å². The van der Waals surface area contributed by atoms with Gasteiger partial charge in [-0.25, -0.2) is 8.78 Å². The van der Waals surface area contributed by atoms with Crippen LogP contribution in [0.5, 0.6) is 0 Å². The zero-order chi connectivity index (χ0) is 25.7. The number of halogens is 2. The van der Waals surface area contributed by atoms with Crippen molar-refractivity contribution in [1.82, 2.24) is 4.90 Å². The van der Waals surface area contributed by atoms with Crippen LogP contribution in [0.4, 0.5) is 8.78 Å². The molecule has 0 bridgehead atoms. The van der Waals surface area contributed by atoms with Crippen LogP contribution >= 0.6 is 0 Å². The number of benzene rings is 2. The maximum Gasteiger partial charge on any atom is 0.309 e. The number of carbonyl (C=O) groups excluding carboxylic acids is 1. The lowest BCUT2D eigenvalue weighted by Crippen LogP contribution is -2.55. The predicted octanol–water partition coefficient (Wildman–Crippen LogP) is 5.70. The van der Waals surface area contributed by atoms with Gasteiger partial charge in [-0.3, -0.25) is 19.8 Å². The SMILES string of the molecule is CCOC(=O)C1CCN(C2CCCCC2c2ccc(F)cc2)C(C(C[N+](=O)[O-])c2ccc(F)cc2)C1. The van der Waals surface area contributed by atoms with Crippen LogP contribution in [0.2, 0.25) is 0 Å². The normalized spacial score (nSPS) is 25.8. The van der Waals surface area contributed by atoms with Gasteiger partial charge in [-0.1, -0.05) is 37.1 Å². The van der Waals surface area contributed by atoms with Crippen molar-refractivity contribution in [2.75, 3.05) is 19.7 Å². The fourth-order valence-electron chi connectivity index (χ4n) is 6.22. The van der Waals surface area contributed by atoms with E-state index in [-0.39, 0.29) is 53.8 Å². The molecule has 1 aliphatic carbocycles. The Morgan fingerprint density at radius 1 is 1.06 bits per heavy atom. The number of rotatable bonds is 8. The Bertz CT molecular complexity index is 1030. The highest BCUT2D eigenvalue weighted by Gasteiger charge is 2.44. The Balaban J connectivity index is 1.71. The van der Waals surface area contributed by atoms with Gasteiger partial charge in [0.25, 0.3) is 0 Å². The molecule has 0 N–H and O–H groups in total. The molecule has 1 aliphatic heterocycles.